The minimum Gasteiger partial charge on any atom is -0.497 e. The molecule has 0 radical (unpaired) electrons. The predicted octanol–water partition coefficient (Wildman–Crippen LogP) is 2.16. The lowest BCUT2D eigenvalue weighted by molar-refractivity contribution is 0.0994. The molecule has 2 aromatic rings. The zero-order valence-corrected chi connectivity index (χ0v) is 17.2. The average Bonchev–Trinajstić information content (AvgIpc) is 3.17. The Morgan fingerprint density at radius 3 is 2.63 bits per heavy atom. The lowest BCUT2D eigenvalue weighted by Crippen LogP contribution is -2.15. The van der Waals surface area contributed by atoms with Crippen molar-refractivity contribution in [2.24, 2.45) is 13.0 Å². The Morgan fingerprint density at radius 1 is 1.33 bits per heavy atom. The van der Waals surface area contributed by atoms with Gasteiger partial charge in [-0.3, -0.25) is 4.79 Å². The quantitative estimate of drug-likeness (QED) is 0.511. The van der Waals surface area contributed by atoms with E-state index >= 15 is 0 Å². The summed E-state index contributed by atoms with van der Waals surface area (Å²) in [5.74, 6) is 2.03. The first-order valence-electron chi connectivity index (χ1n) is 8.72. The normalized spacial score (nSPS) is 19.7. The second-order valence-corrected chi connectivity index (χ2v) is 10.3. The van der Waals surface area contributed by atoms with E-state index in [9.17, 15) is 13.2 Å². The molecule has 1 fully saturated rings. The molecule has 27 heavy (non-hydrogen) atoms. The molecule has 0 aliphatic carbocycles. The molecule has 1 aromatic heterocycles. The van der Waals surface area contributed by atoms with Crippen molar-refractivity contribution in [2.45, 2.75) is 30.2 Å². The van der Waals surface area contributed by atoms with Crippen molar-refractivity contribution in [3.63, 3.8) is 0 Å². The number of carbonyl (C=O) groups is 1. The number of aromatic nitrogens is 3. The van der Waals surface area contributed by atoms with Crippen LogP contribution in [0.1, 0.15) is 29.5 Å². The van der Waals surface area contributed by atoms with Crippen LogP contribution in [0.5, 0.6) is 5.75 Å². The largest absolute Gasteiger partial charge is 0.497 e. The molecule has 0 amide bonds. The Balaban J connectivity index is 1.65. The van der Waals surface area contributed by atoms with E-state index in [0.29, 0.717) is 29.3 Å². The highest BCUT2D eigenvalue weighted by atomic mass is 32.2. The summed E-state index contributed by atoms with van der Waals surface area (Å²) >= 11 is 1.35. The minimum absolute atomic E-state index is 0.00842. The van der Waals surface area contributed by atoms with Crippen LogP contribution >= 0.6 is 11.8 Å². The molecular formula is C18H23N3O4S2. The Hall–Kier alpha value is -1.87. The lowest BCUT2D eigenvalue weighted by Gasteiger charge is -2.11. The molecule has 0 saturated carbocycles. The molecule has 0 bridgehead atoms. The zero-order chi connectivity index (χ0) is 19.6. The molecule has 0 N–H and O–H groups in total. The summed E-state index contributed by atoms with van der Waals surface area (Å²) in [5.41, 5.74) is 0.620. The monoisotopic (exact) mass is 409 g/mol. The van der Waals surface area contributed by atoms with Crippen LogP contribution in [0.25, 0.3) is 0 Å². The fourth-order valence-electron chi connectivity index (χ4n) is 3.12. The van der Waals surface area contributed by atoms with Crippen LogP contribution in [0.15, 0.2) is 29.4 Å². The lowest BCUT2D eigenvalue weighted by atomic mass is 10.1. The smallest absolute Gasteiger partial charge is 0.191 e. The fraction of sp³-hybridized carbons (Fsp3) is 0.500. The molecule has 1 saturated heterocycles. The van der Waals surface area contributed by atoms with Crippen molar-refractivity contribution in [3.05, 3.63) is 35.7 Å². The van der Waals surface area contributed by atoms with Crippen LogP contribution in [0.3, 0.4) is 0 Å². The molecular weight excluding hydrogens is 386 g/mol. The number of thioether (sulfide) groups is 1. The van der Waals surface area contributed by atoms with Crippen LogP contribution < -0.4 is 4.74 Å². The Bertz CT molecular complexity index is 923. The van der Waals surface area contributed by atoms with Crippen LogP contribution in [0.2, 0.25) is 0 Å². The number of ether oxygens (including phenoxy) is 1. The number of rotatable bonds is 7. The maximum atomic E-state index is 12.6. The highest BCUT2D eigenvalue weighted by molar-refractivity contribution is 8.00. The first-order valence-corrected chi connectivity index (χ1v) is 11.4. The highest BCUT2D eigenvalue weighted by Crippen LogP contribution is 2.27. The summed E-state index contributed by atoms with van der Waals surface area (Å²) in [5, 5.41) is 8.73. The number of hydrogen-bond acceptors (Lipinski definition) is 7. The van der Waals surface area contributed by atoms with Crippen LogP contribution in [0.4, 0.5) is 0 Å². The van der Waals surface area contributed by atoms with Crippen molar-refractivity contribution in [3.8, 4) is 5.75 Å². The van der Waals surface area contributed by atoms with Crippen molar-refractivity contribution in [1.29, 1.82) is 0 Å². The van der Waals surface area contributed by atoms with E-state index in [1.54, 1.807) is 31.4 Å². The standard InChI is InChI=1S/C18H23N3O4S2/c1-12(17(22)14-4-6-15(25-3)7-5-14)26-18-20-19-16(21(18)2)10-13-8-9-27(23,24)11-13/h4-7,12-13H,8-11H2,1-3H3/t12-,13+/m0/s1. The molecule has 146 valence electrons. The van der Waals surface area contributed by atoms with Gasteiger partial charge in [0.15, 0.2) is 20.8 Å². The van der Waals surface area contributed by atoms with Gasteiger partial charge in [-0.05, 0) is 43.5 Å². The first kappa shape index (κ1) is 19.9. The molecule has 7 nitrogen and oxygen atoms in total. The first-order chi connectivity index (χ1) is 12.8. The van der Waals surface area contributed by atoms with Crippen molar-refractivity contribution in [2.75, 3.05) is 18.6 Å². The van der Waals surface area contributed by atoms with Gasteiger partial charge in [0.2, 0.25) is 0 Å². The van der Waals surface area contributed by atoms with Gasteiger partial charge >= 0.3 is 0 Å². The SMILES string of the molecule is COc1ccc(C(=O)[C@H](C)Sc2nnc(C[C@H]3CCS(=O)(=O)C3)n2C)cc1. The van der Waals surface area contributed by atoms with E-state index in [1.165, 1.54) is 11.8 Å². The van der Waals surface area contributed by atoms with E-state index in [-0.39, 0.29) is 28.5 Å². The number of nitrogens with zero attached hydrogens (tertiary/aromatic N) is 3. The average molecular weight is 410 g/mol. The van der Waals surface area contributed by atoms with E-state index in [0.717, 1.165) is 5.82 Å². The van der Waals surface area contributed by atoms with Crippen molar-refractivity contribution >= 4 is 27.4 Å². The fourth-order valence-corrected chi connectivity index (χ4v) is 5.89. The topological polar surface area (TPSA) is 91.2 Å². The zero-order valence-electron chi connectivity index (χ0n) is 15.6. The molecule has 0 unspecified atom stereocenters. The van der Waals surface area contributed by atoms with E-state index < -0.39 is 9.84 Å². The number of benzene rings is 1. The van der Waals surface area contributed by atoms with Gasteiger partial charge in [0, 0.05) is 19.0 Å². The molecule has 2 heterocycles. The maximum Gasteiger partial charge on any atom is 0.191 e. The number of sulfone groups is 1. The van der Waals surface area contributed by atoms with Crippen LogP contribution in [-0.4, -0.2) is 52.8 Å². The number of methoxy groups -OCH3 is 1. The second-order valence-electron chi connectivity index (χ2n) is 6.78. The summed E-state index contributed by atoms with van der Waals surface area (Å²) < 4.78 is 30.2. The molecule has 1 aliphatic rings. The highest BCUT2D eigenvalue weighted by Gasteiger charge is 2.29. The maximum absolute atomic E-state index is 12.6. The van der Waals surface area contributed by atoms with E-state index in [1.807, 2.05) is 18.5 Å². The van der Waals surface area contributed by atoms with Crippen LogP contribution in [-0.2, 0) is 23.3 Å². The van der Waals surface area contributed by atoms with Gasteiger partial charge < -0.3 is 9.30 Å². The van der Waals surface area contributed by atoms with Gasteiger partial charge in [-0.1, -0.05) is 11.8 Å². The van der Waals surface area contributed by atoms with Crippen molar-refractivity contribution < 1.29 is 17.9 Å². The minimum atomic E-state index is -2.90. The number of hydrogen-bond donors (Lipinski definition) is 0. The Kier molecular flexibility index (Phi) is 5.90. The van der Waals surface area contributed by atoms with E-state index in [2.05, 4.69) is 10.2 Å². The third-order valence-corrected chi connectivity index (χ3v) is 7.72. The van der Waals surface area contributed by atoms with Gasteiger partial charge in [0.1, 0.15) is 11.6 Å². The Labute approximate surface area is 163 Å². The third-order valence-electron chi connectivity index (χ3n) is 4.75. The third kappa shape index (κ3) is 4.70. The predicted molar refractivity (Wildman–Crippen MR) is 104 cm³/mol. The van der Waals surface area contributed by atoms with Gasteiger partial charge in [-0.25, -0.2) is 8.42 Å². The van der Waals surface area contributed by atoms with Gasteiger partial charge in [0.05, 0.1) is 23.9 Å². The Morgan fingerprint density at radius 2 is 2.04 bits per heavy atom. The second kappa shape index (κ2) is 8.02. The van der Waals surface area contributed by atoms with Crippen LogP contribution in [0, 0.1) is 5.92 Å². The summed E-state index contributed by atoms with van der Waals surface area (Å²) in [6.07, 6.45) is 1.26. The molecule has 2 atom stereocenters. The summed E-state index contributed by atoms with van der Waals surface area (Å²) in [7, 11) is 0.534. The molecule has 1 aromatic carbocycles. The molecule has 0 spiro atoms. The summed E-state index contributed by atoms with van der Waals surface area (Å²) in [6, 6.07) is 7.03. The molecule has 3 rings (SSSR count). The number of carbonyl (C=O) groups excluding carboxylic acids is 1. The number of Topliss-reactive ketones (excluding diaryl/α,β-unsaturated/α-hetero) is 1. The van der Waals surface area contributed by atoms with Gasteiger partial charge in [-0.2, -0.15) is 0 Å². The summed E-state index contributed by atoms with van der Waals surface area (Å²) in [6.45, 7) is 1.84. The molecule has 1 aliphatic heterocycles. The van der Waals surface area contributed by atoms with E-state index in [4.69, 9.17) is 4.74 Å². The molecule has 9 heteroatoms. The number of ketones is 1. The van der Waals surface area contributed by atoms with Gasteiger partial charge in [0.25, 0.3) is 0 Å². The van der Waals surface area contributed by atoms with Crippen molar-refractivity contribution in [1.82, 2.24) is 14.8 Å². The van der Waals surface area contributed by atoms with Gasteiger partial charge in [-0.15, -0.1) is 10.2 Å². The summed E-state index contributed by atoms with van der Waals surface area (Å²) in [4.78, 5) is 12.6.